The van der Waals surface area contributed by atoms with E-state index in [2.05, 4.69) is 25.8 Å². The van der Waals surface area contributed by atoms with Gasteiger partial charge in [-0.25, -0.2) is 22.8 Å². The average molecular weight is 485 g/mol. The Balaban J connectivity index is 1.54. The second-order valence-electron chi connectivity index (χ2n) is 7.79. The highest BCUT2D eigenvalue weighted by molar-refractivity contribution is 7.93. The minimum atomic E-state index is -3.57. The Morgan fingerprint density at radius 2 is 2.03 bits per heavy atom. The maximum absolute atomic E-state index is 14.0. The zero-order valence-corrected chi connectivity index (χ0v) is 18.9. The van der Waals surface area contributed by atoms with Gasteiger partial charge in [0.1, 0.15) is 29.3 Å². The normalized spacial score (nSPS) is 14.9. The second kappa shape index (κ2) is 9.14. The highest BCUT2D eigenvalue weighted by Crippen LogP contribution is 2.43. The standard InChI is InChI=1S/C22H21FN6O4S/c1-34(31,32)22(8-9-22)21(30)28-19-6-10-25-20(27-19)16(24)12-18(17-7-11-33-29-17)26-13-14-4-2-3-5-15(14)23/h2-7,10-12,24,26H,8-9,13H2,1H3,(H,25,27,28,30)/b18-12-,24-16?. The van der Waals surface area contributed by atoms with Gasteiger partial charge < -0.3 is 15.2 Å². The largest absolute Gasteiger partial charge is 0.379 e. The minimum absolute atomic E-state index is 0.0179. The Labute approximate surface area is 194 Å². The van der Waals surface area contributed by atoms with Crippen molar-refractivity contribution in [1.82, 2.24) is 20.4 Å². The number of benzene rings is 1. The van der Waals surface area contributed by atoms with Gasteiger partial charge >= 0.3 is 0 Å². The molecule has 0 aliphatic heterocycles. The van der Waals surface area contributed by atoms with Crippen LogP contribution in [0.2, 0.25) is 0 Å². The molecule has 0 unspecified atom stereocenters. The molecule has 2 heterocycles. The molecule has 4 rings (SSSR count). The van der Waals surface area contributed by atoms with E-state index in [-0.39, 0.29) is 42.6 Å². The monoisotopic (exact) mass is 484 g/mol. The fraction of sp³-hybridized carbons (Fsp3) is 0.227. The summed E-state index contributed by atoms with van der Waals surface area (Å²) in [5.41, 5.74) is 1.05. The maximum Gasteiger partial charge on any atom is 0.246 e. The third-order valence-electron chi connectivity index (χ3n) is 5.40. The Kier molecular flexibility index (Phi) is 6.24. The summed E-state index contributed by atoms with van der Waals surface area (Å²) in [4.78, 5) is 20.8. The molecule has 2 aromatic heterocycles. The van der Waals surface area contributed by atoms with Crippen molar-refractivity contribution in [1.29, 1.82) is 5.41 Å². The first-order chi connectivity index (χ1) is 16.2. The van der Waals surface area contributed by atoms with Crippen molar-refractivity contribution in [3.63, 3.8) is 0 Å². The molecule has 176 valence electrons. The molecule has 1 amide bonds. The van der Waals surface area contributed by atoms with Gasteiger partial charge in [0.05, 0.1) is 5.70 Å². The van der Waals surface area contributed by atoms with Crippen LogP contribution in [0.1, 0.15) is 29.9 Å². The quantitative estimate of drug-likeness (QED) is 0.392. The molecule has 0 radical (unpaired) electrons. The molecule has 10 nitrogen and oxygen atoms in total. The Morgan fingerprint density at radius 3 is 2.68 bits per heavy atom. The van der Waals surface area contributed by atoms with Gasteiger partial charge in [-0.3, -0.25) is 10.2 Å². The lowest BCUT2D eigenvalue weighted by molar-refractivity contribution is -0.116. The lowest BCUT2D eigenvalue weighted by Gasteiger charge is -2.13. The predicted octanol–water partition coefficient (Wildman–Crippen LogP) is 2.32. The number of rotatable bonds is 9. The van der Waals surface area contributed by atoms with Gasteiger partial charge in [0.2, 0.25) is 5.91 Å². The predicted molar refractivity (Wildman–Crippen MR) is 122 cm³/mol. The number of halogens is 1. The molecule has 12 heteroatoms. The topological polar surface area (TPSA) is 151 Å². The highest BCUT2D eigenvalue weighted by Gasteiger charge is 2.58. The number of allylic oxidation sites excluding steroid dienone is 1. The number of aromatic nitrogens is 3. The van der Waals surface area contributed by atoms with Crippen LogP contribution in [0, 0.1) is 11.2 Å². The molecular formula is C22H21FN6O4S. The molecule has 0 atom stereocenters. The van der Waals surface area contributed by atoms with Crippen LogP contribution in [0.25, 0.3) is 5.70 Å². The first kappa shape index (κ1) is 23.2. The average Bonchev–Trinajstić information content (AvgIpc) is 3.47. The molecule has 1 fully saturated rings. The number of amides is 1. The van der Waals surface area contributed by atoms with E-state index in [4.69, 9.17) is 9.93 Å². The summed E-state index contributed by atoms with van der Waals surface area (Å²) in [7, 11) is -3.57. The number of hydrogen-bond donors (Lipinski definition) is 3. The molecule has 1 aromatic carbocycles. The summed E-state index contributed by atoms with van der Waals surface area (Å²) in [6.07, 6.45) is 5.65. The third kappa shape index (κ3) is 4.86. The van der Waals surface area contributed by atoms with Gasteiger partial charge in [0.25, 0.3) is 0 Å². The first-order valence-electron chi connectivity index (χ1n) is 10.2. The van der Waals surface area contributed by atoms with E-state index in [9.17, 15) is 17.6 Å². The van der Waals surface area contributed by atoms with Crippen LogP contribution >= 0.6 is 0 Å². The summed E-state index contributed by atoms with van der Waals surface area (Å²) in [5, 5.41) is 17.8. The van der Waals surface area contributed by atoms with Crippen LogP contribution in [0.4, 0.5) is 10.2 Å². The van der Waals surface area contributed by atoms with E-state index in [1.807, 2.05) is 0 Å². The SMILES string of the molecule is CS(=O)(=O)C1(C(=O)Nc2ccnc(C(=N)/C=C(\NCc3ccccc3F)c3ccon3)n2)CC1. The van der Waals surface area contributed by atoms with E-state index < -0.39 is 20.5 Å². The van der Waals surface area contributed by atoms with E-state index in [0.717, 1.165) is 6.26 Å². The Bertz CT molecular complexity index is 1370. The number of nitrogens with one attached hydrogen (secondary N) is 3. The zero-order chi connectivity index (χ0) is 24.3. The van der Waals surface area contributed by atoms with Gasteiger partial charge in [0.15, 0.2) is 20.4 Å². The Hall–Kier alpha value is -3.93. The summed E-state index contributed by atoms with van der Waals surface area (Å²) in [5.74, 6) is -0.975. The molecule has 0 spiro atoms. The van der Waals surface area contributed by atoms with Crippen molar-refractivity contribution in [3.8, 4) is 0 Å². The van der Waals surface area contributed by atoms with Crippen molar-refractivity contribution in [2.24, 2.45) is 0 Å². The van der Waals surface area contributed by atoms with Gasteiger partial charge in [-0.15, -0.1) is 0 Å². The molecule has 34 heavy (non-hydrogen) atoms. The fourth-order valence-corrected chi connectivity index (χ4v) is 4.51. The van der Waals surface area contributed by atoms with Crippen LogP contribution in [-0.2, 0) is 21.2 Å². The van der Waals surface area contributed by atoms with Crippen LogP contribution in [0.3, 0.4) is 0 Å². The number of carbonyl (C=O) groups excluding carboxylic acids is 1. The molecule has 3 aromatic rings. The molecule has 0 saturated heterocycles. The number of carbonyl (C=O) groups is 1. The van der Waals surface area contributed by atoms with Gasteiger partial charge in [-0.1, -0.05) is 23.4 Å². The number of nitrogens with zero attached hydrogens (tertiary/aromatic N) is 3. The van der Waals surface area contributed by atoms with E-state index in [1.165, 1.54) is 30.7 Å². The summed E-state index contributed by atoms with van der Waals surface area (Å²) >= 11 is 0. The fourth-order valence-electron chi connectivity index (χ4n) is 3.28. The van der Waals surface area contributed by atoms with Crippen LogP contribution in [-0.4, -0.2) is 46.2 Å². The molecule has 1 aliphatic rings. The van der Waals surface area contributed by atoms with Gasteiger partial charge in [-0.2, -0.15) is 0 Å². The van der Waals surface area contributed by atoms with Crippen LogP contribution < -0.4 is 10.6 Å². The van der Waals surface area contributed by atoms with Crippen molar-refractivity contribution < 1.29 is 22.1 Å². The van der Waals surface area contributed by atoms with E-state index in [0.29, 0.717) is 17.0 Å². The van der Waals surface area contributed by atoms with Crippen LogP contribution in [0.15, 0.2) is 59.5 Å². The first-order valence-corrected chi connectivity index (χ1v) is 12.1. The summed E-state index contributed by atoms with van der Waals surface area (Å²) < 4.78 is 41.4. The smallest absolute Gasteiger partial charge is 0.246 e. The molecule has 3 N–H and O–H groups in total. The number of sulfone groups is 1. The van der Waals surface area contributed by atoms with Crippen LogP contribution in [0.5, 0.6) is 0 Å². The molecule has 0 bridgehead atoms. The summed E-state index contributed by atoms with van der Waals surface area (Å²) in [6.45, 7) is 0.128. The van der Waals surface area contributed by atoms with Gasteiger partial charge in [-0.05, 0) is 31.1 Å². The van der Waals surface area contributed by atoms with Gasteiger partial charge in [0, 0.05) is 30.6 Å². The minimum Gasteiger partial charge on any atom is -0.379 e. The second-order valence-corrected chi connectivity index (χ2v) is 10.1. The number of anilines is 1. The Morgan fingerprint density at radius 1 is 1.26 bits per heavy atom. The van der Waals surface area contributed by atoms with Crippen molar-refractivity contribution >= 4 is 33.0 Å². The number of hydrogen-bond acceptors (Lipinski definition) is 9. The third-order valence-corrected chi connectivity index (χ3v) is 7.41. The highest BCUT2D eigenvalue weighted by atomic mass is 32.2. The van der Waals surface area contributed by atoms with E-state index in [1.54, 1.807) is 24.3 Å². The summed E-state index contributed by atoms with van der Waals surface area (Å²) in [6, 6.07) is 9.27. The molecular weight excluding hydrogens is 463 g/mol. The molecule has 1 aliphatic carbocycles. The van der Waals surface area contributed by atoms with Crippen molar-refractivity contribution in [2.75, 3.05) is 11.6 Å². The zero-order valence-electron chi connectivity index (χ0n) is 18.1. The lowest BCUT2D eigenvalue weighted by atomic mass is 10.2. The lowest BCUT2D eigenvalue weighted by Crippen LogP contribution is -2.37. The molecule has 1 saturated carbocycles. The maximum atomic E-state index is 14.0. The van der Waals surface area contributed by atoms with E-state index >= 15 is 0 Å². The van der Waals surface area contributed by atoms with Crippen molar-refractivity contribution in [3.05, 3.63) is 77.8 Å². The van der Waals surface area contributed by atoms with Crippen molar-refractivity contribution in [2.45, 2.75) is 24.1 Å².